The number of fused-ring (bicyclic) bond motifs is 1. The molecule has 0 aliphatic carbocycles. The molecule has 0 radical (unpaired) electrons. The van der Waals surface area contributed by atoms with Gasteiger partial charge in [0.05, 0.1) is 4.87 Å². The molecular weight excluding hydrogens is 290 g/mol. The summed E-state index contributed by atoms with van der Waals surface area (Å²) in [4.78, 5) is 5.69. The van der Waals surface area contributed by atoms with Crippen LogP contribution < -0.4 is 5.32 Å². The lowest BCUT2D eigenvalue weighted by Crippen LogP contribution is -2.64. The molecule has 0 spiro atoms. The number of hydrogen-bond donors (Lipinski definition) is 1. The maximum absolute atomic E-state index is 3.87. The molecule has 2 rings (SSSR count). The third-order valence-electron chi connectivity index (χ3n) is 5.80. The second kappa shape index (κ2) is 8.36. The topological polar surface area (TPSA) is 18.5 Å². The van der Waals surface area contributed by atoms with Crippen LogP contribution in [0, 0.1) is 5.92 Å². The molecular formula is C18H37N3S. The van der Waals surface area contributed by atoms with E-state index in [1.165, 1.54) is 51.7 Å². The zero-order valence-electron chi connectivity index (χ0n) is 15.4. The second-order valence-electron chi connectivity index (χ2n) is 7.62. The number of piperidine rings is 1. The predicted molar refractivity (Wildman–Crippen MR) is 99.4 cm³/mol. The number of hydrogen-bond acceptors (Lipinski definition) is 4. The zero-order valence-corrected chi connectivity index (χ0v) is 16.2. The van der Waals surface area contributed by atoms with Crippen LogP contribution in [0.2, 0.25) is 0 Å². The van der Waals surface area contributed by atoms with Crippen molar-refractivity contribution in [3.8, 4) is 0 Å². The van der Waals surface area contributed by atoms with Crippen molar-refractivity contribution in [3.05, 3.63) is 0 Å². The van der Waals surface area contributed by atoms with E-state index < -0.39 is 0 Å². The lowest BCUT2D eigenvalue weighted by molar-refractivity contribution is 0.0173. The van der Waals surface area contributed by atoms with Crippen molar-refractivity contribution < 1.29 is 0 Å². The van der Waals surface area contributed by atoms with Gasteiger partial charge >= 0.3 is 0 Å². The van der Waals surface area contributed by atoms with Gasteiger partial charge in [-0.25, -0.2) is 0 Å². The molecule has 2 fully saturated rings. The molecule has 2 atom stereocenters. The molecule has 2 aliphatic rings. The molecule has 0 amide bonds. The summed E-state index contributed by atoms with van der Waals surface area (Å²) in [6, 6.07) is 1.49. The first kappa shape index (κ1) is 18.6. The maximum atomic E-state index is 3.87. The lowest BCUT2D eigenvalue weighted by atomic mass is 9.87. The van der Waals surface area contributed by atoms with Crippen molar-refractivity contribution in [1.29, 1.82) is 0 Å². The van der Waals surface area contributed by atoms with Gasteiger partial charge in [0, 0.05) is 31.8 Å². The van der Waals surface area contributed by atoms with Crippen molar-refractivity contribution in [2.75, 3.05) is 32.6 Å². The van der Waals surface area contributed by atoms with Crippen molar-refractivity contribution in [2.24, 2.45) is 5.92 Å². The number of nitrogens with zero attached hydrogens (tertiary/aromatic N) is 2. The molecule has 3 nitrogen and oxygen atoms in total. The summed E-state index contributed by atoms with van der Waals surface area (Å²) in [6.45, 7) is 14.3. The fourth-order valence-corrected chi connectivity index (χ4v) is 4.55. The van der Waals surface area contributed by atoms with Crippen LogP contribution in [-0.4, -0.2) is 59.3 Å². The van der Waals surface area contributed by atoms with E-state index in [-0.39, 0.29) is 4.87 Å². The van der Waals surface area contributed by atoms with E-state index in [1.807, 2.05) is 11.8 Å². The molecule has 2 unspecified atom stereocenters. The van der Waals surface area contributed by atoms with E-state index >= 15 is 0 Å². The van der Waals surface area contributed by atoms with Crippen LogP contribution in [0.15, 0.2) is 0 Å². The van der Waals surface area contributed by atoms with Crippen LogP contribution >= 0.6 is 11.8 Å². The Hall–Kier alpha value is 0.230. The average Bonchev–Trinajstić information content (AvgIpc) is 2.53. The monoisotopic (exact) mass is 327 g/mol. The summed E-state index contributed by atoms with van der Waals surface area (Å²) < 4.78 is 0. The summed E-state index contributed by atoms with van der Waals surface area (Å²) >= 11 is 1.98. The highest BCUT2D eigenvalue weighted by atomic mass is 32.2. The Morgan fingerprint density at radius 2 is 1.86 bits per heavy atom. The third kappa shape index (κ3) is 4.40. The first-order valence-electron chi connectivity index (χ1n) is 9.29. The standard InChI is InChI=1S/C18H37N3S/c1-6-8-16(9-7-2)20-12-15-10-11-21(18(3,4)22-5)13-17(15)19-14-20/h15-17,19H,6-14H2,1-5H3. The molecule has 1 N–H and O–H groups in total. The van der Waals surface area contributed by atoms with E-state index in [1.54, 1.807) is 0 Å². The Labute approximate surface area is 142 Å². The van der Waals surface area contributed by atoms with Gasteiger partial charge in [0.15, 0.2) is 0 Å². The quantitative estimate of drug-likeness (QED) is 0.769. The highest BCUT2D eigenvalue weighted by molar-refractivity contribution is 7.99. The van der Waals surface area contributed by atoms with Crippen molar-refractivity contribution in [1.82, 2.24) is 15.1 Å². The van der Waals surface area contributed by atoms with Gasteiger partial charge in [-0.05, 0) is 51.8 Å². The first-order chi connectivity index (χ1) is 10.5. The van der Waals surface area contributed by atoms with Gasteiger partial charge in [-0.3, -0.25) is 15.1 Å². The number of likely N-dealkylation sites (tertiary alicyclic amines) is 1. The molecule has 130 valence electrons. The largest absolute Gasteiger partial charge is 0.300 e. The van der Waals surface area contributed by atoms with Gasteiger partial charge < -0.3 is 0 Å². The van der Waals surface area contributed by atoms with Gasteiger partial charge in [-0.1, -0.05) is 26.7 Å². The van der Waals surface area contributed by atoms with Crippen molar-refractivity contribution in [3.63, 3.8) is 0 Å². The highest BCUT2D eigenvalue weighted by Crippen LogP contribution is 2.33. The first-order valence-corrected chi connectivity index (χ1v) is 10.5. The smallest absolute Gasteiger partial charge is 0.0610 e. The van der Waals surface area contributed by atoms with Gasteiger partial charge in [0.25, 0.3) is 0 Å². The van der Waals surface area contributed by atoms with Crippen LogP contribution in [0.25, 0.3) is 0 Å². The van der Waals surface area contributed by atoms with Gasteiger partial charge in [0.1, 0.15) is 0 Å². The Balaban J connectivity index is 1.91. The normalized spacial score (nSPS) is 28.1. The molecule has 22 heavy (non-hydrogen) atoms. The Morgan fingerprint density at radius 1 is 1.18 bits per heavy atom. The molecule has 0 aromatic carbocycles. The molecule has 0 bridgehead atoms. The van der Waals surface area contributed by atoms with Crippen LogP contribution in [-0.2, 0) is 0 Å². The van der Waals surface area contributed by atoms with Crippen LogP contribution in [0.4, 0.5) is 0 Å². The van der Waals surface area contributed by atoms with Gasteiger partial charge in [-0.2, -0.15) is 0 Å². The summed E-state index contributed by atoms with van der Waals surface area (Å²) in [5.74, 6) is 0.846. The fraction of sp³-hybridized carbons (Fsp3) is 1.00. The van der Waals surface area contributed by atoms with E-state index in [0.717, 1.165) is 18.6 Å². The lowest BCUT2D eigenvalue weighted by Gasteiger charge is -2.50. The molecule has 4 heteroatoms. The minimum absolute atomic E-state index is 0.275. The van der Waals surface area contributed by atoms with Gasteiger partial charge in [0.2, 0.25) is 0 Å². The number of rotatable bonds is 7. The van der Waals surface area contributed by atoms with E-state index in [4.69, 9.17) is 0 Å². The third-order valence-corrected chi connectivity index (χ3v) is 7.06. The Bertz CT molecular complexity index is 328. The zero-order chi connectivity index (χ0) is 16.2. The van der Waals surface area contributed by atoms with Gasteiger partial charge in [-0.15, -0.1) is 11.8 Å². The molecule has 0 aromatic heterocycles. The minimum Gasteiger partial charge on any atom is -0.300 e. The number of nitrogens with one attached hydrogen (secondary N) is 1. The maximum Gasteiger partial charge on any atom is 0.0610 e. The SMILES string of the molecule is CCCC(CCC)N1CNC2CN(C(C)(C)SC)CCC2C1. The average molecular weight is 328 g/mol. The Morgan fingerprint density at radius 3 is 2.45 bits per heavy atom. The van der Waals surface area contributed by atoms with E-state index in [9.17, 15) is 0 Å². The molecule has 2 saturated heterocycles. The van der Waals surface area contributed by atoms with Crippen molar-refractivity contribution >= 4 is 11.8 Å². The molecule has 0 aromatic rings. The summed E-state index contributed by atoms with van der Waals surface area (Å²) in [5.41, 5.74) is 0. The molecule has 0 saturated carbocycles. The number of thioether (sulfide) groups is 1. The second-order valence-corrected chi connectivity index (χ2v) is 9.02. The van der Waals surface area contributed by atoms with Crippen LogP contribution in [0.3, 0.4) is 0 Å². The summed E-state index contributed by atoms with van der Waals surface area (Å²) in [7, 11) is 0. The predicted octanol–water partition coefficient (Wildman–Crippen LogP) is 3.61. The molecule has 2 aliphatic heterocycles. The highest BCUT2D eigenvalue weighted by Gasteiger charge is 2.39. The van der Waals surface area contributed by atoms with E-state index in [2.05, 4.69) is 49.1 Å². The summed E-state index contributed by atoms with van der Waals surface area (Å²) in [5, 5.41) is 3.87. The van der Waals surface area contributed by atoms with Crippen LogP contribution in [0.1, 0.15) is 59.8 Å². The summed E-state index contributed by atoms with van der Waals surface area (Å²) in [6.07, 6.45) is 8.93. The van der Waals surface area contributed by atoms with E-state index in [0.29, 0.717) is 6.04 Å². The Kier molecular flexibility index (Phi) is 7.06. The van der Waals surface area contributed by atoms with Crippen molar-refractivity contribution in [2.45, 2.75) is 76.8 Å². The van der Waals surface area contributed by atoms with Crippen LogP contribution in [0.5, 0.6) is 0 Å². The fourth-order valence-electron chi connectivity index (χ4n) is 4.12. The molecule has 2 heterocycles. The minimum atomic E-state index is 0.275.